The van der Waals surface area contributed by atoms with Gasteiger partial charge in [0, 0.05) is 12.6 Å². The summed E-state index contributed by atoms with van der Waals surface area (Å²) < 4.78 is 7.14. The van der Waals surface area contributed by atoms with Crippen LogP contribution in [0.1, 0.15) is 26.2 Å². The molecule has 0 saturated heterocycles. The summed E-state index contributed by atoms with van der Waals surface area (Å²) in [5.41, 5.74) is 0. The monoisotopic (exact) mass is 223 g/mol. The molecule has 0 spiro atoms. The van der Waals surface area contributed by atoms with Crippen LogP contribution in [0.4, 0.5) is 0 Å². The van der Waals surface area contributed by atoms with Gasteiger partial charge in [-0.25, -0.2) is 0 Å². The van der Waals surface area contributed by atoms with Crippen molar-refractivity contribution < 1.29 is 9.53 Å². The summed E-state index contributed by atoms with van der Waals surface area (Å²) in [5, 5.41) is 6.98. The molecule has 88 valence electrons. The number of nitrogens with one attached hydrogen (secondary N) is 1. The van der Waals surface area contributed by atoms with Crippen molar-refractivity contribution in [2.45, 2.75) is 38.8 Å². The molecule has 1 aliphatic rings. The van der Waals surface area contributed by atoms with Crippen molar-refractivity contribution >= 4 is 5.91 Å². The van der Waals surface area contributed by atoms with E-state index in [1.165, 1.54) is 0 Å². The van der Waals surface area contributed by atoms with Gasteiger partial charge in [-0.2, -0.15) is 5.10 Å². The fraction of sp³-hybridized carbons (Fsp3) is 0.636. The molecule has 5 nitrogen and oxygen atoms in total. The summed E-state index contributed by atoms with van der Waals surface area (Å²) in [6, 6.07) is 0.388. The van der Waals surface area contributed by atoms with Gasteiger partial charge in [0.05, 0.1) is 12.4 Å². The molecule has 1 saturated carbocycles. The van der Waals surface area contributed by atoms with Gasteiger partial charge in [0.1, 0.15) is 0 Å². The maximum atomic E-state index is 11.3. The van der Waals surface area contributed by atoms with E-state index in [0.717, 1.165) is 25.8 Å². The largest absolute Gasteiger partial charge is 0.480 e. The second-order valence-electron chi connectivity index (χ2n) is 4.07. The Morgan fingerprint density at radius 3 is 3.19 bits per heavy atom. The molecule has 0 aromatic carbocycles. The highest BCUT2D eigenvalue weighted by atomic mass is 16.5. The predicted molar refractivity (Wildman–Crippen MR) is 59.2 cm³/mol. The van der Waals surface area contributed by atoms with Crippen LogP contribution < -0.4 is 10.1 Å². The van der Waals surface area contributed by atoms with E-state index >= 15 is 0 Å². The highest BCUT2D eigenvalue weighted by Gasteiger charge is 2.23. The van der Waals surface area contributed by atoms with Gasteiger partial charge in [0.15, 0.2) is 12.4 Å². The first kappa shape index (κ1) is 11.0. The fourth-order valence-corrected chi connectivity index (χ4v) is 1.42. The Kier molecular flexibility index (Phi) is 3.44. The van der Waals surface area contributed by atoms with Crippen molar-refractivity contribution in [3.8, 4) is 5.75 Å². The normalized spacial score (nSPS) is 14.8. The van der Waals surface area contributed by atoms with Gasteiger partial charge in [-0.1, -0.05) is 6.92 Å². The van der Waals surface area contributed by atoms with Crippen molar-refractivity contribution in [2.75, 3.05) is 6.61 Å². The van der Waals surface area contributed by atoms with Crippen LogP contribution in [-0.2, 0) is 11.3 Å². The third kappa shape index (κ3) is 3.25. The Morgan fingerprint density at radius 2 is 2.50 bits per heavy atom. The smallest absolute Gasteiger partial charge is 0.258 e. The Balaban J connectivity index is 1.72. The summed E-state index contributed by atoms with van der Waals surface area (Å²) >= 11 is 0. The molecule has 0 radical (unpaired) electrons. The number of hydrogen-bond donors (Lipinski definition) is 1. The lowest BCUT2D eigenvalue weighted by Crippen LogP contribution is -2.30. The van der Waals surface area contributed by atoms with E-state index in [1.807, 2.05) is 10.9 Å². The molecule has 2 rings (SSSR count). The van der Waals surface area contributed by atoms with Gasteiger partial charge in [-0.05, 0) is 19.3 Å². The molecular weight excluding hydrogens is 206 g/mol. The van der Waals surface area contributed by atoms with Gasteiger partial charge in [0.2, 0.25) is 0 Å². The highest BCUT2D eigenvalue weighted by molar-refractivity contribution is 5.78. The number of aromatic nitrogens is 2. The number of hydrogen-bond acceptors (Lipinski definition) is 3. The molecule has 1 aliphatic carbocycles. The van der Waals surface area contributed by atoms with Gasteiger partial charge in [0.25, 0.3) is 5.91 Å². The zero-order valence-electron chi connectivity index (χ0n) is 9.48. The average Bonchev–Trinajstić information content (AvgIpc) is 2.95. The minimum atomic E-state index is -0.0502. The predicted octanol–water partition coefficient (Wildman–Crippen LogP) is 0.950. The molecular formula is C11H17N3O2. The number of rotatable bonds is 6. The first-order chi connectivity index (χ1) is 7.78. The lowest BCUT2D eigenvalue weighted by atomic mass is 10.5. The molecule has 1 N–H and O–H groups in total. The number of carbonyl (C=O) groups is 1. The van der Waals surface area contributed by atoms with E-state index in [-0.39, 0.29) is 12.5 Å². The van der Waals surface area contributed by atoms with Crippen molar-refractivity contribution in [2.24, 2.45) is 0 Å². The minimum Gasteiger partial charge on any atom is -0.480 e. The second-order valence-corrected chi connectivity index (χ2v) is 4.07. The molecule has 16 heavy (non-hydrogen) atoms. The van der Waals surface area contributed by atoms with Crippen molar-refractivity contribution in [1.29, 1.82) is 0 Å². The van der Waals surface area contributed by atoms with E-state index in [9.17, 15) is 4.79 Å². The van der Waals surface area contributed by atoms with Gasteiger partial charge < -0.3 is 10.1 Å². The lowest BCUT2D eigenvalue weighted by Gasteiger charge is -2.03. The van der Waals surface area contributed by atoms with E-state index in [4.69, 9.17) is 4.74 Å². The quantitative estimate of drug-likeness (QED) is 0.781. The van der Waals surface area contributed by atoms with Gasteiger partial charge >= 0.3 is 0 Å². The minimum absolute atomic E-state index is 0.0502. The Morgan fingerprint density at radius 1 is 1.69 bits per heavy atom. The summed E-state index contributed by atoms with van der Waals surface area (Å²) in [4.78, 5) is 11.3. The Labute approximate surface area is 94.8 Å². The first-order valence-corrected chi connectivity index (χ1v) is 5.72. The van der Waals surface area contributed by atoms with Crippen LogP contribution in [0.3, 0.4) is 0 Å². The fourth-order valence-electron chi connectivity index (χ4n) is 1.42. The van der Waals surface area contributed by atoms with Crippen LogP contribution >= 0.6 is 0 Å². The maximum Gasteiger partial charge on any atom is 0.258 e. The zero-order chi connectivity index (χ0) is 11.4. The highest BCUT2D eigenvalue weighted by Crippen LogP contribution is 2.18. The van der Waals surface area contributed by atoms with E-state index in [1.54, 1.807) is 6.20 Å². The molecule has 0 aliphatic heterocycles. The van der Waals surface area contributed by atoms with Crippen LogP contribution in [0.25, 0.3) is 0 Å². The summed E-state index contributed by atoms with van der Waals surface area (Å²) in [6.07, 6.45) is 6.68. The van der Waals surface area contributed by atoms with Gasteiger partial charge in [-0.15, -0.1) is 0 Å². The van der Waals surface area contributed by atoms with E-state index < -0.39 is 0 Å². The van der Waals surface area contributed by atoms with Crippen molar-refractivity contribution in [3.05, 3.63) is 12.4 Å². The zero-order valence-corrected chi connectivity index (χ0v) is 9.48. The van der Waals surface area contributed by atoms with Crippen LogP contribution in [0.5, 0.6) is 5.75 Å². The average molecular weight is 223 g/mol. The molecule has 1 fully saturated rings. The van der Waals surface area contributed by atoms with Crippen LogP contribution in [0.2, 0.25) is 0 Å². The van der Waals surface area contributed by atoms with Crippen molar-refractivity contribution in [1.82, 2.24) is 15.1 Å². The van der Waals surface area contributed by atoms with E-state index in [0.29, 0.717) is 11.8 Å². The molecule has 1 aromatic heterocycles. The standard InChI is InChI=1S/C11H17N3O2/c1-2-5-14-7-10(6-12-14)16-8-11(15)13-9-3-4-9/h6-7,9H,2-5,8H2,1H3,(H,13,15). The molecule has 0 unspecified atom stereocenters. The van der Waals surface area contributed by atoms with Gasteiger partial charge in [-0.3, -0.25) is 9.48 Å². The Hall–Kier alpha value is -1.52. The Bertz CT molecular complexity index is 358. The third-order valence-corrected chi connectivity index (χ3v) is 2.37. The number of amides is 1. The number of ether oxygens (including phenoxy) is 1. The molecule has 1 aromatic rings. The summed E-state index contributed by atoms with van der Waals surface area (Å²) in [7, 11) is 0. The summed E-state index contributed by atoms with van der Waals surface area (Å²) in [6.45, 7) is 3.04. The SMILES string of the molecule is CCCn1cc(OCC(=O)NC2CC2)cn1. The van der Waals surface area contributed by atoms with Crippen LogP contribution in [0, 0.1) is 0 Å². The number of carbonyl (C=O) groups excluding carboxylic acids is 1. The first-order valence-electron chi connectivity index (χ1n) is 5.72. The maximum absolute atomic E-state index is 11.3. The molecule has 0 atom stereocenters. The van der Waals surface area contributed by atoms with Crippen molar-refractivity contribution in [3.63, 3.8) is 0 Å². The molecule has 5 heteroatoms. The lowest BCUT2D eigenvalue weighted by molar-refractivity contribution is -0.123. The molecule has 1 heterocycles. The van der Waals surface area contributed by atoms with Crippen LogP contribution in [0.15, 0.2) is 12.4 Å². The van der Waals surface area contributed by atoms with Crippen LogP contribution in [-0.4, -0.2) is 28.3 Å². The van der Waals surface area contributed by atoms with E-state index in [2.05, 4.69) is 17.3 Å². The number of aryl methyl sites for hydroxylation is 1. The third-order valence-electron chi connectivity index (χ3n) is 2.37. The topological polar surface area (TPSA) is 56.1 Å². The molecule has 1 amide bonds. The number of nitrogens with zero attached hydrogens (tertiary/aromatic N) is 2. The summed E-state index contributed by atoms with van der Waals surface area (Å²) in [5.74, 6) is 0.602. The molecule has 0 bridgehead atoms. The second kappa shape index (κ2) is 5.01.